The smallest absolute Gasteiger partial charge is 0.472 e. The molecule has 0 fully saturated rings. The predicted molar refractivity (Wildman–Crippen MR) is 203 cm³/mol. The van der Waals surface area contributed by atoms with Gasteiger partial charge in [0.25, 0.3) is 0 Å². The third-order valence-electron chi connectivity index (χ3n) is 7.26. The molecule has 51 heavy (non-hydrogen) atoms. The summed E-state index contributed by atoms with van der Waals surface area (Å²) in [6.45, 7) is 2.26. The van der Waals surface area contributed by atoms with Crippen molar-refractivity contribution in [1.29, 1.82) is 0 Å². The minimum absolute atomic E-state index is 0.112. The Hall–Kier alpha value is -3.08. The highest BCUT2D eigenvalue weighted by Crippen LogP contribution is 2.43. The molecule has 290 valence electrons. The van der Waals surface area contributed by atoms with Gasteiger partial charge in [0.05, 0.1) is 13.2 Å². The van der Waals surface area contributed by atoms with Crippen LogP contribution in [0.15, 0.2) is 72.9 Å². The molecule has 3 atom stereocenters. The summed E-state index contributed by atoms with van der Waals surface area (Å²) in [5.74, 6) is -2.44. The molecule has 11 nitrogen and oxygen atoms in total. The van der Waals surface area contributed by atoms with Gasteiger partial charge >= 0.3 is 19.8 Å². The molecule has 4 N–H and O–H groups in total. The van der Waals surface area contributed by atoms with Gasteiger partial charge in [-0.15, -0.1) is 0 Å². The second kappa shape index (κ2) is 34.0. The maximum Gasteiger partial charge on any atom is 0.472 e. The molecule has 0 aliphatic rings. The lowest BCUT2D eigenvalue weighted by Gasteiger charge is -2.18. The summed E-state index contributed by atoms with van der Waals surface area (Å²) >= 11 is 0. The van der Waals surface area contributed by atoms with Crippen molar-refractivity contribution in [2.45, 2.75) is 135 Å². The molecule has 0 rings (SSSR count). The van der Waals surface area contributed by atoms with E-state index in [1.165, 1.54) is 0 Å². The molecule has 0 saturated carbocycles. The number of rotatable bonds is 33. The van der Waals surface area contributed by atoms with E-state index in [1.54, 1.807) is 0 Å². The Balaban J connectivity index is 4.00. The summed E-state index contributed by atoms with van der Waals surface area (Å²) in [5, 5.41) is 21.6. The van der Waals surface area contributed by atoms with Crippen LogP contribution in [0.3, 0.4) is 0 Å². The molecule has 0 bridgehead atoms. The molecular formula is C39H64NO10P. The zero-order chi connectivity index (χ0) is 37.8. The molecule has 0 aromatic rings. The lowest BCUT2D eigenvalue weighted by atomic mass is 10.1. The van der Waals surface area contributed by atoms with Crippen molar-refractivity contribution in [2.24, 2.45) is 0 Å². The number of phosphoric ester groups is 1. The number of carbonyl (C=O) groups is 3. The molecule has 0 aliphatic carbocycles. The van der Waals surface area contributed by atoms with Crippen LogP contribution in [0.2, 0.25) is 0 Å². The van der Waals surface area contributed by atoms with Crippen molar-refractivity contribution in [3.63, 3.8) is 0 Å². The minimum Gasteiger partial charge on any atom is -0.480 e. The number of carboxylic acids is 1. The lowest BCUT2D eigenvalue weighted by molar-refractivity contribution is -0.147. The fourth-order valence-corrected chi connectivity index (χ4v) is 5.15. The number of aliphatic hydroxyl groups is 1. The third kappa shape index (κ3) is 33.8. The molecule has 12 heteroatoms. The van der Waals surface area contributed by atoms with E-state index in [0.29, 0.717) is 12.8 Å². The number of ether oxygens (including phenoxy) is 1. The highest BCUT2D eigenvalue weighted by molar-refractivity contribution is 7.47. The van der Waals surface area contributed by atoms with E-state index >= 15 is 0 Å². The maximum absolute atomic E-state index is 12.2. The fraction of sp³-hybridized carbons (Fsp3) is 0.615. The largest absolute Gasteiger partial charge is 0.480 e. The van der Waals surface area contributed by atoms with E-state index in [2.05, 4.69) is 96.6 Å². The fourth-order valence-electron chi connectivity index (χ4n) is 4.37. The Morgan fingerprint density at radius 2 is 1.14 bits per heavy atom. The van der Waals surface area contributed by atoms with E-state index in [0.717, 1.165) is 83.5 Å². The second-order valence-corrected chi connectivity index (χ2v) is 13.5. The number of hydrogen-bond donors (Lipinski definition) is 4. The van der Waals surface area contributed by atoms with E-state index in [4.69, 9.17) is 9.26 Å². The third-order valence-corrected chi connectivity index (χ3v) is 8.21. The first-order valence-corrected chi connectivity index (χ1v) is 20.0. The zero-order valence-corrected chi connectivity index (χ0v) is 31.8. The molecule has 0 spiro atoms. The first-order chi connectivity index (χ1) is 24.6. The number of carbonyl (C=O) groups excluding carboxylic acids is 2. The van der Waals surface area contributed by atoms with Gasteiger partial charge in [0.15, 0.2) is 6.04 Å². The number of hydrogen-bond acceptors (Lipinski definition) is 8. The molecule has 0 aromatic heterocycles. The molecule has 0 saturated heterocycles. The number of aliphatic carboxylic acids is 1. The van der Waals surface area contributed by atoms with Crippen LogP contribution >= 0.6 is 7.82 Å². The molecule has 1 amide bonds. The molecule has 0 heterocycles. The highest BCUT2D eigenvalue weighted by atomic mass is 31.2. The summed E-state index contributed by atoms with van der Waals surface area (Å²) in [5.41, 5.74) is 0. The van der Waals surface area contributed by atoms with Gasteiger partial charge in [0, 0.05) is 12.8 Å². The predicted octanol–water partition coefficient (Wildman–Crippen LogP) is 8.60. The van der Waals surface area contributed by atoms with Gasteiger partial charge in [-0.3, -0.25) is 18.6 Å². The van der Waals surface area contributed by atoms with Crippen LogP contribution in [0, 0.1) is 0 Å². The molecular weight excluding hydrogens is 673 g/mol. The van der Waals surface area contributed by atoms with Crippen molar-refractivity contribution in [2.75, 3.05) is 19.8 Å². The van der Waals surface area contributed by atoms with Gasteiger partial charge in [0.1, 0.15) is 12.7 Å². The number of esters is 1. The Labute approximate surface area is 306 Å². The standard InChI is InChI=1S/C39H64NO10P/c1-3-5-7-9-10-11-12-13-14-15-16-17-18-19-20-21-22-23-24-25-26-27-28-30-37(42)40-36(39(44)45)34-50-51(46,47)49-33-35(41)32-48-38(43)31-29-8-6-4-2/h5,7,10-11,13-14,16-17,19-20,22-23,35-36,41H,3-4,6,8-9,12,15,18,21,24-34H2,1-2H3,(H,40,42)(H,44,45)(H,46,47)/b7-5-,11-10-,14-13-,17-16-,20-19-,23-22-. The van der Waals surface area contributed by atoms with Crippen molar-refractivity contribution in [1.82, 2.24) is 5.32 Å². The van der Waals surface area contributed by atoms with Gasteiger partial charge in [-0.1, -0.05) is 119 Å². The normalized spacial score (nSPS) is 14.7. The van der Waals surface area contributed by atoms with E-state index in [1.807, 2.05) is 0 Å². The topological polar surface area (TPSA) is 169 Å². The number of nitrogens with one attached hydrogen (secondary N) is 1. The number of carboxylic acid groups (broad SMARTS) is 1. The van der Waals surface area contributed by atoms with Crippen LogP contribution in [0.4, 0.5) is 0 Å². The van der Waals surface area contributed by atoms with Gasteiger partial charge in [-0.2, -0.15) is 0 Å². The number of unbranched alkanes of at least 4 members (excludes halogenated alkanes) is 7. The average Bonchev–Trinajstić information content (AvgIpc) is 3.10. The lowest BCUT2D eigenvalue weighted by Crippen LogP contribution is -2.43. The van der Waals surface area contributed by atoms with Crippen molar-refractivity contribution in [3.05, 3.63) is 72.9 Å². The molecule has 0 aliphatic heterocycles. The van der Waals surface area contributed by atoms with Crippen LogP contribution in [0.5, 0.6) is 0 Å². The molecule has 0 aromatic carbocycles. The van der Waals surface area contributed by atoms with Gasteiger partial charge in [-0.25, -0.2) is 9.36 Å². The monoisotopic (exact) mass is 737 g/mol. The Kier molecular flexibility index (Phi) is 32.0. The van der Waals surface area contributed by atoms with Crippen LogP contribution < -0.4 is 5.32 Å². The summed E-state index contributed by atoms with van der Waals surface area (Å²) in [6.07, 6.45) is 38.7. The first kappa shape index (κ1) is 47.9. The summed E-state index contributed by atoms with van der Waals surface area (Å²) in [6, 6.07) is -1.56. The summed E-state index contributed by atoms with van der Waals surface area (Å²) < 4.78 is 26.4. The number of amides is 1. The van der Waals surface area contributed by atoms with Gasteiger partial charge < -0.3 is 25.2 Å². The van der Waals surface area contributed by atoms with Crippen LogP contribution in [-0.4, -0.2) is 64.9 Å². The number of allylic oxidation sites excluding steroid dienone is 12. The van der Waals surface area contributed by atoms with Crippen LogP contribution in [-0.2, 0) is 32.7 Å². The van der Waals surface area contributed by atoms with Gasteiger partial charge in [-0.05, 0) is 64.2 Å². The summed E-state index contributed by atoms with van der Waals surface area (Å²) in [4.78, 5) is 45.3. The van der Waals surface area contributed by atoms with Crippen LogP contribution in [0.25, 0.3) is 0 Å². The van der Waals surface area contributed by atoms with E-state index < -0.39 is 57.6 Å². The number of phosphoric acid groups is 1. The molecule has 3 unspecified atom stereocenters. The van der Waals surface area contributed by atoms with Crippen molar-refractivity contribution < 1.29 is 47.8 Å². The van der Waals surface area contributed by atoms with Gasteiger partial charge in [0.2, 0.25) is 5.91 Å². The van der Waals surface area contributed by atoms with Crippen molar-refractivity contribution >= 4 is 25.7 Å². The SMILES string of the molecule is CC/C=C\C/C=C\C/C=C\C/C=C\C/C=C\C/C=C\CCCCCCC(=O)NC(COP(=O)(O)OCC(O)COC(=O)CCCCCC)C(=O)O. The molecule has 0 radical (unpaired) electrons. The Morgan fingerprint density at radius 1 is 0.647 bits per heavy atom. The maximum atomic E-state index is 12.2. The quantitative estimate of drug-likeness (QED) is 0.0221. The Morgan fingerprint density at radius 3 is 1.69 bits per heavy atom. The van der Waals surface area contributed by atoms with Crippen molar-refractivity contribution in [3.8, 4) is 0 Å². The van der Waals surface area contributed by atoms with E-state index in [-0.39, 0.29) is 12.8 Å². The van der Waals surface area contributed by atoms with Crippen LogP contribution in [0.1, 0.15) is 123 Å². The number of aliphatic hydroxyl groups excluding tert-OH is 1. The Bertz CT molecular complexity index is 1140. The summed E-state index contributed by atoms with van der Waals surface area (Å²) in [7, 11) is -4.75. The highest BCUT2D eigenvalue weighted by Gasteiger charge is 2.28. The minimum atomic E-state index is -4.75. The first-order valence-electron chi connectivity index (χ1n) is 18.5. The van der Waals surface area contributed by atoms with E-state index in [9.17, 15) is 34.1 Å². The second-order valence-electron chi connectivity index (χ2n) is 12.0. The average molecular weight is 738 g/mol. The zero-order valence-electron chi connectivity index (χ0n) is 30.9.